The summed E-state index contributed by atoms with van der Waals surface area (Å²) >= 11 is 14.4. The first-order valence-electron chi connectivity index (χ1n) is 3.76. The van der Waals surface area contributed by atoms with Crippen molar-refractivity contribution in [2.75, 3.05) is 0 Å². The second kappa shape index (κ2) is 3.84. The summed E-state index contributed by atoms with van der Waals surface area (Å²) in [5.74, 6) is 0. The maximum absolute atomic E-state index is 6.05. The van der Waals surface area contributed by atoms with E-state index < -0.39 is 0 Å². The SMILES string of the molecule is S=c1[nH]ncn1-c1ccc(Br)cc1Cl. The second-order valence-corrected chi connectivity index (χ2v) is 4.34. The molecule has 1 aromatic heterocycles. The van der Waals surface area contributed by atoms with Crippen LogP contribution in [0, 0.1) is 4.77 Å². The topological polar surface area (TPSA) is 33.6 Å². The normalized spacial score (nSPS) is 10.4. The van der Waals surface area contributed by atoms with Gasteiger partial charge in [0.25, 0.3) is 0 Å². The van der Waals surface area contributed by atoms with Crippen LogP contribution in [-0.2, 0) is 0 Å². The molecule has 1 heterocycles. The Hall–Kier alpha value is -0.650. The highest BCUT2D eigenvalue weighted by Crippen LogP contribution is 2.24. The Labute approximate surface area is 98.8 Å². The Balaban J connectivity index is 2.63. The molecule has 1 N–H and O–H groups in total. The number of H-pyrrole nitrogens is 1. The summed E-state index contributed by atoms with van der Waals surface area (Å²) in [5, 5.41) is 7.11. The molecule has 0 radical (unpaired) electrons. The lowest BCUT2D eigenvalue weighted by molar-refractivity contribution is 1.03. The smallest absolute Gasteiger partial charge is 0.199 e. The lowest BCUT2D eigenvalue weighted by Crippen LogP contribution is -1.92. The zero-order valence-corrected chi connectivity index (χ0v) is 10.0. The second-order valence-electron chi connectivity index (χ2n) is 2.63. The Morgan fingerprint density at radius 3 is 2.86 bits per heavy atom. The lowest BCUT2D eigenvalue weighted by atomic mass is 10.3. The van der Waals surface area contributed by atoms with Gasteiger partial charge in [0.1, 0.15) is 6.33 Å². The van der Waals surface area contributed by atoms with E-state index in [-0.39, 0.29) is 0 Å². The van der Waals surface area contributed by atoms with Crippen LogP contribution in [0.1, 0.15) is 0 Å². The predicted molar refractivity (Wildman–Crippen MR) is 61.5 cm³/mol. The van der Waals surface area contributed by atoms with E-state index in [9.17, 15) is 0 Å². The van der Waals surface area contributed by atoms with E-state index in [0.717, 1.165) is 10.2 Å². The van der Waals surface area contributed by atoms with Crippen LogP contribution in [0.2, 0.25) is 5.02 Å². The molecule has 1 aromatic carbocycles. The summed E-state index contributed by atoms with van der Waals surface area (Å²) in [4.78, 5) is 0. The number of halogens is 2. The zero-order valence-electron chi connectivity index (χ0n) is 6.87. The van der Waals surface area contributed by atoms with Crippen LogP contribution in [0.25, 0.3) is 5.69 Å². The number of aromatic amines is 1. The van der Waals surface area contributed by atoms with Gasteiger partial charge in [-0.3, -0.25) is 9.67 Å². The molecule has 0 atom stereocenters. The lowest BCUT2D eigenvalue weighted by Gasteiger charge is -2.03. The van der Waals surface area contributed by atoms with Gasteiger partial charge in [0.15, 0.2) is 4.77 Å². The Morgan fingerprint density at radius 1 is 1.50 bits per heavy atom. The van der Waals surface area contributed by atoms with Crippen molar-refractivity contribution in [2.45, 2.75) is 0 Å². The minimum atomic E-state index is 0.522. The van der Waals surface area contributed by atoms with E-state index in [1.165, 1.54) is 0 Å². The summed E-state index contributed by atoms with van der Waals surface area (Å²) in [6, 6.07) is 5.58. The Bertz CT molecular complexity index is 519. The van der Waals surface area contributed by atoms with Crippen molar-refractivity contribution in [1.29, 1.82) is 0 Å². The molecule has 0 fully saturated rings. The third-order valence-corrected chi connectivity index (χ3v) is 2.81. The molecule has 2 rings (SSSR count). The third-order valence-electron chi connectivity index (χ3n) is 1.72. The number of aromatic nitrogens is 3. The summed E-state index contributed by atoms with van der Waals surface area (Å²) in [5.41, 5.74) is 0.814. The quantitative estimate of drug-likeness (QED) is 0.817. The summed E-state index contributed by atoms with van der Waals surface area (Å²) in [7, 11) is 0. The van der Waals surface area contributed by atoms with Gasteiger partial charge in [-0.1, -0.05) is 27.5 Å². The first kappa shape index (κ1) is 9.89. The fraction of sp³-hybridized carbons (Fsp3) is 0. The molecule has 0 amide bonds. The molecule has 0 saturated heterocycles. The average Bonchev–Trinajstić information content (AvgIpc) is 2.52. The average molecular weight is 291 g/mol. The first-order valence-corrected chi connectivity index (χ1v) is 5.34. The van der Waals surface area contributed by atoms with Crippen LogP contribution in [0.5, 0.6) is 0 Å². The molecule has 6 heteroatoms. The van der Waals surface area contributed by atoms with Crippen molar-refractivity contribution < 1.29 is 0 Å². The molecule has 72 valence electrons. The molecular weight excluding hydrogens is 286 g/mol. The van der Waals surface area contributed by atoms with Gasteiger partial charge >= 0.3 is 0 Å². The predicted octanol–water partition coefficient (Wildman–Crippen LogP) is 3.35. The largest absolute Gasteiger partial charge is 0.273 e. The maximum atomic E-state index is 6.05. The van der Waals surface area contributed by atoms with E-state index in [4.69, 9.17) is 23.8 Å². The zero-order chi connectivity index (χ0) is 10.1. The molecule has 3 nitrogen and oxygen atoms in total. The highest BCUT2D eigenvalue weighted by molar-refractivity contribution is 9.10. The molecule has 0 aliphatic heterocycles. The minimum Gasteiger partial charge on any atom is -0.273 e. The maximum Gasteiger partial charge on any atom is 0.199 e. The Morgan fingerprint density at radius 2 is 2.29 bits per heavy atom. The summed E-state index contributed by atoms with van der Waals surface area (Å²) in [6.45, 7) is 0. The molecule has 0 spiro atoms. The van der Waals surface area contributed by atoms with E-state index in [1.807, 2.05) is 18.2 Å². The number of nitrogens with one attached hydrogen (secondary N) is 1. The standard InChI is InChI=1S/C8H5BrClN3S/c9-5-1-2-7(6(10)3-5)13-4-11-12-8(13)14/h1-4H,(H,12,14). The molecule has 0 bridgehead atoms. The van der Waals surface area contributed by atoms with Crippen LogP contribution in [0.3, 0.4) is 0 Å². The molecule has 0 saturated carbocycles. The number of benzene rings is 1. The van der Waals surface area contributed by atoms with Gasteiger partial charge in [-0.25, -0.2) is 0 Å². The van der Waals surface area contributed by atoms with Crippen molar-refractivity contribution in [1.82, 2.24) is 14.8 Å². The van der Waals surface area contributed by atoms with Gasteiger partial charge in [0.05, 0.1) is 10.7 Å². The van der Waals surface area contributed by atoms with E-state index in [1.54, 1.807) is 10.9 Å². The summed E-state index contributed by atoms with van der Waals surface area (Å²) < 4.78 is 3.17. The van der Waals surface area contributed by atoms with Crippen molar-refractivity contribution in [3.63, 3.8) is 0 Å². The van der Waals surface area contributed by atoms with Crippen molar-refractivity contribution >= 4 is 39.7 Å². The van der Waals surface area contributed by atoms with E-state index in [2.05, 4.69) is 26.1 Å². The van der Waals surface area contributed by atoms with Gasteiger partial charge in [0, 0.05) is 4.47 Å². The van der Waals surface area contributed by atoms with Crippen LogP contribution in [0.15, 0.2) is 29.0 Å². The van der Waals surface area contributed by atoms with Gasteiger partial charge in [-0.2, -0.15) is 5.10 Å². The molecular formula is C8H5BrClN3S. The van der Waals surface area contributed by atoms with Crippen molar-refractivity contribution in [2.24, 2.45) is 0 Å². The molecule has 0 aliphatic carbocycles. The number of nitrogens with zero attached hydrogens (tertiary/aromatic N) is 2. The first-order chi connectivity index (χ1) is 6.68. The number of hydrogen-bond acceptors (Lipinski definition) is 2. The minimum absolute atomic E-state index is 0.522. The van der Waals surface area contributed by atoms with E-state index >= 15 is 0 Å². The van der Waals surface area contributed by atoms with Gasteiger partial charge in [0.2, 0.25) is 0 Å². The molecule has 14 heavy (non-hydrogen) atoms. The molecule has 0 aliphatic rings. The highest BCUT2D eigenvalue weighted by Gasteiger charge is 2.04. The van der Waals surface area contributed by atoms with Crippen LogP contribution in [-0.4, -0.2) is 14.8 Å². The Kier molecular flexibility index (Phi) is 2.71. The summed E-state index contributed by atoms with van der Waals surface area (Å²) in [6.07, 6.45) is 1.59. The van der Waals surface area contributed by atoms with Gasteiger partial charge in [-0.15, -0.1) is 0 Å². The fourth-order valence-corrected chi connectivity index (χ4v) is 2.06. The van der Waals surface area contributed by atoms with Crippen LogP contribution >= 0.6 is 39.7 Å². The monoisotopic (exact) mass is 289 g/mol. The number of hydrogen-bond donors (Lipinski definition) is 1. The number of rotatable bonds is 1. The van der Waals surface area contributed by atoms with Gasteiger partial charge in [-0.05, 0) is 30.4 Å². The third kappa shape index (κ3) is 1.75. The van der Waals surface area contributed by atoms with Crippen LogP contribution < -0.4 is 0 Å². The molecule has 2 aromatic rings. The molecule has 0 unspecified atom stereocenters. The van der Waals surface area contributed by atoms with E-state index in [0.29, 0.717) is 9.79 Å². The van der Waals surface area contributed by atoms with Crippen LogP contribution in [0.4, 0.5) is 0 Å². The fourth-order valence-electron chi connectivity index (χ4n) is 1.10. The van der Waals surface area contributed by atoms with Gasteiger partial charge < -0.3 is 0 Å². The highest BCUT2D eigenvalue weighted by atomic mass is 79.9. The van der Waals surface area contributed by atoms with Crippen molar-refractivity contribution in [3.05, 3.63) is 38.8 Å². The van der Waals surface area contributed by atoms with Crippen molar-refractivity contribution in [3.8, 4) is 5.69 Å².